The molecule has 4 rings (SSSR count). The number of rotatable bonds is 12. The molecule has 1 fully saturated rings. The van der Waals surface area contributed by atoms with Crippen LogP contribution in [0.4, 0.5) is 0 Å². The van der Waals surface area contributed by atoms with E-state index in [1.54, 1.807) is 43.3 Å². The van der Waals surface area contributed by atoms with Crippen LogP contribution in [0, 0.1) is 11.3 Å². The molecule has 2 heterocycles. The van der Waals surface area contributed by atoms with E-state index in [2.05, 4.69) is 11.4 Å². The molecule has 276 valence electrons. The SMILES string of the molecule is CCOC(=O)C1=C(c2ccccc2)NC(S[C@@H]2O[C@H](COC(C)=O)[C@H](OC(C)=O)[C@H](OC(C)=O)[C@H]2OC(C)=O)=C(C#N)C1c1ccc(OC)c(O)c1. The molecule has 2 aromatic rings. The summed E-state index contributed by atoms with van der Waals surface area (Å²) < 4.78 is 38.9. The van der Waals surface area contributed by atoms with Crippen LogP contribution >= 0.6 is 11.8 Å². The Hall–Kier alpha value is -5.53. The van der Waals surface area contributed by atoms with Gasteiger partial charge in [0.1, 0.15) is 12.7 Å². The summed E-state index contributed by atoms with van der Waals surface area (Å²) in [5.74, 6) is -5.06. The van der Waals surface area contributed by atoms with E-state index in [1.165, 1.54) is 19.2 Å². The van der Waals surface area contributed by atoms with Gasteiger partial charge in [0.25, 0.3) is 0 Å². The van der Waals surface area contributed by atoms with Crippen molar-refractivity contribution in [2.24, 2.45) is 0 Å². The van der Waals surface area contributed by atoms with Crippen LogP contribution in [0.2, 0.25) is 0 Å². The second-order valence-electron chi connectivity index (χ2n) is 11.4. The highest BCUT2D eigenvalue weighted by atomic mass is 32.2. The number of phenolic OH excluding ortho intramolecular Hbond substituents is 1. The molecule has 0 radical (unpaired) electrons. The summed E-state index contributed by atoms with van der Waals surface area (Å²) in [5, 5.41) is 24.9. The van der Waals surface area contributed by atoms with Crippen molar-refractivity contribution >= 4 is 47.3 Å². The number of carbonyl (C=O) groups excluding carboxylic acids is 5. The van der Waals surface area contributed by atoms with Gasteiger partial charge in [-0.15, -0.1) is 0 Å². The number of dihydropyridines is 1. The average molecular weight is 739 g/mol. The smallest absolute Gasteiger partial charge is 0.337 e. The highest BCUT2D eigenvalue weighted by Gasteiger charge is 2.53. The van der Waals surface area contributed by atoms with E-state index in [-0.39, 0.29) is 40.0 Å². The maximum absolute atomic E-state index is 13.8. The van der Waals surface area contributed by atoms with Gasteiger partial charge in [-0.3, -0.25) is 19.2 Å². The highest BCUT2D eigenvalue weighted by molar-refractivity contribution is 8.03. The quantitative estimate of drug-likeness (QED) is 0.236. The van der Waals surface area contributed by atoms with Gasteiger partial charge in [-0.05, 0) is 30.2 Å². The van der Waals surface area contributed by atoms with Gasteiger partial charge in [-0.2, -0.15) is 5.26 Å². The summed E-state index contributed by atoms with van der Waals surface area (Å²) in [4.78, 5) is 62.7. The molecule has 1 unspecified atom stereocenters. The van der Waals surface area contributed by atoms with Crippen molar-refractivity contribution < 1.29 is 62.2 Å². The predicted molar refractivity (Wildman–Crippen MR) is 183 cm³/mol. The lowest BCUT2D eigenvalue weighted by atomic mass is 9.81. The van der Waals surface area contributed by atoms with Crippen molar-refractivity contribution in [3.05, 3.63) is 75.8 Å². The van der Waals surface area contributed by atoms with Gasteiger partial charge >= 0.3 is 29.8 Å². The Morgan fingerprint density at radius 2 is 1.52 bits per heavy atom. The third kappa shape index (κ3) is 9.22. The lowest BCUT2D eigenvalue weighted by molar-refractivity contribution is -0.237. The zero-order valence-corrected chi connectivity index (χ0v) is 30.0. The molecular formula is C36H38N2O13S. The lowest BCUT2D eigenvalue weighted by Crippen LogP contribution is -2.61. The van der Waals surface area contributed by atoms with Gasteiger partial charge in [0.2, 0.25) is 0 Å². The standard InChI is InChI=1S/C36H38N2O13S/c1-7-46-35(44)29-28(23-13-14-26(45-6)25(43)15-23)24(16-37)34(38-30(29)22-11-9-8-10-12-22)52-36-33(50-21(5)42)32(49-20(4)41)31(48-19(3)40)27(51-36)17-47-18(2)39/h8-15,27-28,31-33,36,38,43H,7,17H2,1-6H3/t27-,28?,31+,32+,33-,36+/m1/s1. The second kappa shape index (κ2) is 17.6. The number of phenols is 1. The Bertz CT molecular complexity index is 1800. The molecule has 16 heteroatoms. The number of allylic oxidation sites excluding steroid dienone is 1. The van der Waals surface area contributed by atoms with Crippen molar-refractivity contribution in [2.75, 3.05) is 20.3 Å². The summed E-state index contributed by atoms with van der Waals surface area (Å²) >= 11 is 0.851. The summed E-state index contributed by atoms with van der Waals surface area (Å²) in [6.07, 6.45) is -5.54. The first-order valence-electron chi connectivity index (χ1n) is 16.0. The van der Waals surface area contributed by atoms with E-state index in [0.29, 0.717) is 11.1 Å². The van der Waals surface area contributed by atoms with Crippen molar-refractivity contribution in [2.45, 2.75) is 70.4 Å². The first-order valence-corrected chi connectivity index (χ1v) is 16.9. The van der Waals surface area contributed by atoms with Crippen molar-refractivity contribution in [3.8, 4) is 17.6 Å². The number of nitriles is 1. The van der Waals surface area contributed by atoms with E-state index < -0.39 is 72.2 Å². The number of methoxy groups -OCH3 is 1. The minimum atomic E-state index is -1.46. The van der Waals surface area contributed by atoms with Crippen LogP contribution < -0.4 is 10.1 Å². The zero-order valence-electron chi connectivity index (χ0n) is 29.2. The largest absolute Gasteiger partial charge is 0.504 e. The topological polar surface area (TPSA) is 206 Å². The Morgan fingerprint density at radius 3 is 2.08 bits per heavy atom. The zero-order chi connectivity index (χ0) is 38.1. The van der Waals surface area contributed by atoms with Crippen LogP contribution in [0.1, 0.15) is 51.7 Å². The molecule has 2 aliphatic heterocycles. The van der Waals surface area contributed by atoms with E-state index in [9.17, 15) is 34.3 Å². The fourth-order valence-electron chi connectivity index (χ4n) is 5.76. The Balaban J connectivity index is 1.95. The first-order chi connectivity index (χ1) is 24.8. The maximum Gasteiger partial charge on any atom is 0.337 e. The molecule has 0 spiro atoms. The van der Waals surface area contributed by atoms with Crippen LogP contribution in [-0.4, -0.2) is 85.1 Å². The van der Waals surface area contributed by atoms with Gasteiger partial charge in [-0.1, -0.05) is 48.2 Å². The van der Waals surface area contributed by atoms with Crippen molar-refractivity contribution in [1.29, 1.82) is 5.26 Å². The number of ether oxygens (including phenoxy) is 7. The number of aromatic hydroxyl groups is 1. The van der Waals surface area contributed by atoms with E-state index in [0.717, 1.165) is 39.5 Å². The average Bonchev–Trinajstić information content (AvgIpc) is 3.09. The number of esters is 5. The maximum atomic E-state index is 13.8. The predicted octanol–water partition coefficient (Wildman–Crippen LogP) is 3.61. The normalized spacial score (nSPS) is 22.6. The van der Waals surface area contributed by atoms with Gasteiger partial charge in [0, 0.05) is 27.7 Å². The summed E-state index contributed by atoms with van der Waals surface area (Å²) in [6.45, 7) is 5.69. The first kappa shape index (κ1) is 39.3. The molecule has 6 atom stereocenters. The van der Waals surface area contributed by atoms with E-state index in [4.69, 9.17) is 33.2 Å². The highest BCUT2D eigenvalue weighted by Crippen LogP contribution is 2.47. The minimum Gasteiger partial charge on any atom is -0.504 e. The summed E-state index contributed by atoms with van der Waals surface area (Å²) in [7, 11) is 1.37. The van der Waals surface area contributed by atoms with Gasteiger partial charge in [0.05, 0.1) is 47.6 Å². The van der Waals surface area contributed by atoms with Crippen molar-refractivity contribution in [3.63, 3.8) is 0 Å². The minimum absolute atomic E-state index is 0.0168. The molecule has 1 saturated heterocycles. The Morgan fingerprint density at radius 1 is 0.885 bits per heavy atom. The molecular weight excluding hydrogens is 700 g/mol. The number of carbonyl (C=O) groups is 5. The number of thioether (sulfide) groups is 1. The Labute approximate surface area is 303 Å². The molecule has 0 bridgehead atoms. The van der Waals surface area contributed by atoms with Crippen LogP contribution in [0.15, 0.2) is 64.7 Å². The summed E-state index contributed by atoms with van der Waals surface area (Å²) in [5.41, 5.74) is -0.160. The number of nitrogens with one attached hydrogen (secondary N) is 1. The molecule has 52 heavy (non-hydrogen) atoms. The third-order valence-electron chi connectivity index (χ3n) is 7.73. The molecule has 2 aromatic carbocycles. The number of nitrogens with zero attached hydrogens (tertiary/aromatic N) is 1. The molecule has 2 N–H and O–H groups in total. The van der Waals surface area contributed by atoms with Crippen LogP contribution in [0.3, 0.4) is 0 Å². The van der Waals surface area contributed by atoms with Crippen molar-refractivity contribution in [1.82, 2.24) is 5.32 Å². The van der Waals surface area contributed by atoms with E-state index in [1.807, 2.05) is 0 Å². The molecule has 2 aliphatic rings. The lowest BCUT2D eigenvalue weighted by Gasteiger charge is -2.44. The number of hydrogen-bond donors (Lipinski definition) is 2. The molecule has 0 aliphatic carbocycles. The van der Waals surface area contributed by atoms with Gasteiger partial charge in [0.15, 0.2) is 35.2 Å². The fraction of sp³-hybridized carbons (Fsp3) is 0.389. The second-order valence-corrected chi connectivity index (χ2v) is 12.5. The Kier molecular flexibility index (Phi) is 13.3. The molecule has 15 nitrogen and oxygen atoms in total. The molecule has 0 saturated carbocycles. The monoisotopic (exact) mass is 738 g/mol. The number of hydrogen-bond acceptors (Lipinski definition) is 16. The van der Waals surface area contributed by atoms with Crippen LogP contribution in [0.25, 0.3) is 5.70 Å². The fourth-order valence-corrected chi connectivity index (χ4v) is 6.98. The van der Waals surface area contributed by atoms with Gasteiger partial charge < -0.3 is 43.6 Å². The third-order valence-corrected chi connectivity index (χ3v) is 8.90. The van der Waals surface area contributed by atoms with Gasteiger partial charge in [-0.25, -0.2) is 4.79 Å². The number of benzene rings is 2. The summed E-state index contributed by atoms with van der Waals surface area (Å²) in [6, 6.07) is 15.4. The van der Waals surface area contributed by atoms with Crippen LogP contribution in [-0.2, 0) is 52.4 Å². The van der Waals surface area contributed by atoms with E-state index >= 15 is 0 Å². The molecule has 0 amide bonds. The van der Waals surface area contributed by atoms with Crippen LogP contribution in [0.5, 0.6) is 11.5 Å². The molecule has 0 aromatic heterocycles.